The topological polar surface area (TPSA) is 60.0 Å². The lowest BCUT2D eigenvalue weighted by atomic mass is 10.1. The molecule has 0 saturated heterocycles. The van der Waals surface area contributed by atoms with E-state index >= 15 is 0 Å². The molecule has 4 aromatic rings. The standard InChI is InChI=1S/C22H21N3O2S/c1-2-3-14-18-20(26)24(17-12-8-5-9-13-17)25(21(18)27)22-23-19(15-28-22)16-10-6-4-7-11-16/h4-13,15,27H,2-3,14H2,1H3. The fourth-order valence-electron chi connectivity index (χ4n) is 3.19. The number of benzene rings is 2. The zero-order valence-corrected chi connectivity index (χ0v) is 16.4. The van der Waals surface area contributed by atoms with Crippen LogP contribution in [0.15, 0.2) is 70.8 Å². The van der Waals surface area contributed by atoms with E-state index in [-0.39, 0.29) is 11.4 Å². The Kier molecular flexibility index (Phi) is 5.12. The highest BCUT2D eigenvalue weighted by atomic mass is 32.1. The average Bonchev–Trinajstić information content (AvgIpc) is 3.31. The van der Waals surface area contributed by atoms with Crippen LogP contribution < -0.4 is 5.56 Å². The summed E-state index contributed by atoms with van der Waals surface area (Å²) >= 11 is 1.40. The number of aromatic nitrogens is 3. The van der Waals surface area contributed by atoms with Crippen LogP contribution in [0.3, 0.4) is 0 Å². The summed E-state index contributed by atoms with van der Waals surface area (Å²) in [5.74, 6) is -0.0312. The van der Waals surface area contributed by atoms with Crippen molar-refractivity contribution < 1.29 is 5.11 Å². The van der Waals surface area contributed by atoms with Gasteiger partial charge in [-0.15, -0.1) is 11.3 Å². The Hall–Kier alpha value is -3.12. The number of nitrogens with zero attached hydrogens (tertiary/aromatic N) is 3. The Bertz CT molecular complexity index is 1130. The highest BCUT2D eigenvalue weighted by Crippen LogP contribution is 2.29. The van der Waals surface area contributed by atoms with E-state index < -0.39 is 0 Å². The molecule has 0 saturated carbocycles. The minimum Gasteiger partial charge on any atom is -0.493 e. The van der Waals surface area contributed by atoms with Crippen molar-refractivity contribution in [2.45, 2.75) is 26.2 Å². The third-order valence-electron chi connectivity index (χ3n) is 4.64. The van der Waals surface area contributed by atoms with Crippen LogP contribution in [0.25, 0.3) is 22.1 Å². The van der Waals surface area contributed by atoms with Gasteiger partial charge in [0.1, 0.15) is 0 Å². The Labute approximate surface area is 167 Å². The maximum atomic E-state index is 13.1. The Morgan fingerprint density at radius 3 is 2.36 bits per heavy atom. The highest BCUT2D eigenvalue weighted by molar-refractivity contribution is 7.12. The molecule has 0 aliphatic carbocycles. The molecule has 0 radical (unpaired) electrons. The van der Waals surface area contributed by atoms with Gasteiger partial charge in [0.15, 0.2) is 0 Å². The predicted molar refractivity (Wildman–Crippen MR) is 113 cm³/mol. The molecule has 0 fully saturated rings. The van der Waals surface area contributed by atoms with Gasteiger partial charge in [0.05, 0.1) is 16.9 Å². The minimum atomic E-state index is -0.200. The van der Waals surface area contributed by atoms with Crippen molar-refractivity contribution in [2.75, 3.05) is 0 Å². The number of rotatable bonds is 6. The van der Waals surface area contributed by atoms with Gasteiger partial charge in [-0.1, -0.05) is 61.9 Å². The molecule has 5 nitrogen and oxygen atoms in total. The molecule has 2 aromatic heterocycles. The van der Waals surface area contributed by atoms with Gasteiger partial charge in [0.25, 0.3) is 5.56 Å². The molecule has 0 unspecified atom stereocenters. The summed E-state index contributed by atoms with van der Waals surface area (Å²) < 4.78 is 3.04. The molecule has 0 atom stereocenters. The third-order valence-corrected chi connectivity index (χ3v) is 5.46. The Morgan fingerprint density at radius 1 is 1.00 bits per heavy atom. The van der Waals surface area contributed by atoms with Crippen molar-refractivity contribution in [2.24, 2.45) is 0 Å². The zero-order chi connectivity index (χ0) is 19.5. The van der Waals surface area contributed by atoms with Crippen LogP contribution in [0.2, 0.25) is 0 Å². The molecule has 0 spiro atoms. The molecule has 28 heavy (non-hydrogen) atoms. The summed E-state index contributed by atoms with van der Waals surface area (Å²) in [6.07, 6.45) is 2.33. The molecule has 4 rings (SSSR count). The molecular formula is C22H21N3O2S. The lowest BCUT2D eigenvalue weighted by molar-refractivity contribution is 0.419. The lowest BCUT2D eigenvalue weighted by Gasteiger charge is -2.09. The summed E-state index contributed by atoms with van der Waals surface area (Å²) in [5.41, 5.74) is 2.74. The summed E-state index contributed by atoms with van der Waals surface area (Å²) in [4.78, 5) is 17.8. The zero-order valence-electron chi connectivity index (χ0n) is 15.6. The van der Waals surface area contributed by atoms with E-state index in [0.717, 1.165) is 24.1 Å². The first-order valence-electron chi connectivity index (χ1n) is 9.33. The number of unbranched alkanes of at least 4 members (excludes halogenated alkanes) is 1. The second-order valence-electron chi connectivity index (χ2n) is 6.55. The Morgan fingerprint density at radius 2 is 1.68 bits per heavy atom. The van der Waals surface area contributed by atoms with Crippen LogP contribution in [-0.2, 0) is 6.42 Å². The highest BCUT2D eigenvalue weighted by Gasteiger charge is 2.23. The van der Waals surface area contributed by atoms with Gasteiger partial charge < -0.3 is 5.11 Å². The maximum Gasteiger partial charge on any atom is 0.278 e. The van der Waals surface area contributed by atoms with Crippen LogP contribution in [-0.4, -0.2) is 19.5 Å². The molecule has 142 valence electrons. The smallest absolute Gasteiger partial charge is 0.278 e. The predicted octanol–water partition coefficient (Wildman–Crippen LogP) is 4.80. The monoisotopic (exact) mass is 391 g/mol. The van der Waals surface area contributed by atoms with Crippen molar-refractivity contribution in [3.8, 4) is 28.0 Å². The molecule has 2 aromatic carbocycles. The average molecular weight is 391 g/mol. The molecule has 0 aliphatic rings. The lowest BCUT2D eigenvalue weighted by Crippen LogP contribution is -2.21. The van der Waals surface area contributed by atoms with Crippen molar-refractivity contribution >= 4 is 11.3 Å². The summed E-state index contributed by atoms with van der Waals surface area (Å²) in [6, 6.07) is 19.2. The Balaban J connectivity index is 1.89. The molecule has 0 bridgehead atoms. The van der Waals surface area contributed by atoms with Crippen molar-refractivity contribution in [1.82, 2.24) is 14.3 Å². The molecule has 0 amide bonds. The van der Waals surface area contributed by atoms with Gasteiger partial charge in [-0.2, -0.15) is 4.68 Å². The van der Waals surface area contributed by atoms with Crippen LogP contribution in [0, 0.1) is 0 Å². The van der Waals surface area contributed by atoms with Crippen LogP contribution in [0.4, 0.5) is 0 Å². The van der Waals surface area contributed by atoms with E-state index in [2.05, 4.69) is 6.92 Å². The molecule has 6 heteroatoms. The number of hydrogen-bond acceptors (Lipinski definition) is 4. The van der Waals surface area contributed by atoms with Gasteiger partial charge in [-0.3, -0.25) is 4.79 Å². The SMILES string of the molecule is CCCCc1c(O)n(-c2nc(-c3ccccc3)cs2)n(-c2ccccc2)c1=O. The first-order valence-corrected chi connectivity index (χ1v) is 10.2. The van der Waals surface area contributed by atoms with Gasteiger partial charge in [0, 0.05) is 10.9 Å². The molecule has 1 N–H and O–H groups in total. The number of hydrogen-bond donors (Lipinski definition) is 1. The first-order chi connectivity index (χ1) is 13.7. The minimum absolute atomic E-state index is 0.0312. The summed E-state index contributed by atoms with van der Waals surface area (Å²) in [6.45, 7) is 2.07. The fraction of sp³-hybridized carbons (Fsp3) is 0.182. The van der Waals surface area contributed by atoms with Gasteiger partial charge in [-0.05, 0) is 25.0 Å². The van der Waals surface area contributed by atoms with E-state index in [1.165, 1.54) is 20.7 Å². The molecule has 0 aliphatic heterocycles. The largest absolute Gasteiger partial charge is 0.493 e. The van der Waals surface area contributed by atoms with E-state index in [1.54, 1.807) is 0 Å². The maximum absolute atomic E-state index is 13.1. The summed E-state index contributed by atoms with van der Waals surface area (Å²) in [5, 5.41) is 13.4. The second-order valence-corrected chi connectivity index (χ2v) is 7.39. The van der Waals surface area contributed by atoms with Gasteiger partial charge in [-0.25, -0.2) is 9.67 Å². The van der Waals surface area contributed by atoms with E-state index in [0.29, 0.717) is 22.8 Å². The van der Waals surface area contributed by atoms with E-state index in [4.69, 9.17) is 4.98 Å². The fourth-order valence-corrected chi connectivity index (χ4v) is 4.02. The van der Waals surface area contributed by atoms with Crippen molar-refractivity contribution in [1.29, 1.82) is 0 Å². The van der Waals surface area contributed by atoms with Crippen LogP contribution in [0.1, 0.15) is 25.3 Å². The number of aromatic hydroxyl groups is 1. The van der Waals surface area contributed by atoms with Crippen LogP contribution in [0.5, 0.6) is 5.88 Å². The second kappa shape index (κ2) is 7.86. The van der Waals surface area contributed by atoms with Gasteiger partial charge in [0.2, 0.25) is 11.0 Å². The first kappa shape index (κ1) is 18.3. The van der Waals surface area contributed by atoms with Gasteiger partial charge >= 0.3 is 0 Å². The van der Waals surface area contributed by atoms with E-state index in [1.807, 2.05) is 66.0 Å². The summed E-state index contributed by atoms with van der Waals surface area (Å²) in [7, 11) is 0. The molecule has 2 heterocycles. The third kappa shape index (κ3) is 3.27. The molecular weight excluding hydrogens is 370 g/mol. The van der Waals surface area contributed by atoms with Crippen molar-refractivity contribution in [3.63, 3.8) is 0 Å². The van der Waals surface area contributed by atoms with Crippen molar-refractivity contribution in [3.05, 3.63) is 82.0 Å². The quantitative estimate of drug-likeness (QED) is 0.514. The van der Waals surface area contributed by atoms with E-state index in [9.17, 15) is 9.90 Å². The normalized spacial score (nSPS) is 11.0. The number of para-hydroxylation sites is 1. The van der Waals surface area contributed by atoms with Crippen LogP contribution >= 0.6 is 11.3 Å². The number of thiazole rings is 1.